The van der Waals surface area contributed by atoms with Crippen molar-refractivity contribution < 1.29 is 18.8 Å². The first-order valence-electron chi connectivity index (χ1n) is 10.4. The van der Waals surface area contributed by atoms with Gasteiger partial charge in [-0.05, 0) is 30.0 Å². The molecule has 0 fully saturated rings. The molecule has 0 aliphatic heterocycles. The highest BCUT2D eigenvalue weighted by atomic mass is 16.5. The Labute approximate surface area is 187 Å². The molecular weight excluding hydrogens is 408 g/mol. The maximum absolute atomic E-state index is 12.2. The Bertz CT molecular complexity index is 1050. The molecule has 3 aromatic rings. The second-order valence-corrected chi connectivity index (χ2v) is 8.46. The minimum atomic E-state index is -0.500. The molecule has 0 saturated carbocycles. The Morgan fingerprint density at radius 3 is 2.28 bits per heavy atom. The predicted octanol–water partition coefficient (Wildman–Crippen LogP) is 3.27. The summed E-state index contributed by atoms with van der Waals surface area (Å²) in [5.74, 6) is 0.0595. The monoisotopic (exact) mass is 436 g/mol. The lowest BCUT2D eigenvalue weighted by Crippen LogP contribution is -2.36. The van der Waals surface area contributed by atoms with Crippen LogP contribution in [0.25, 0.3) is 11.4 Å². The molecule has 8 heteroatoms. The summed E-state index contributed by atoms with van der Waals surface area (Å²) in [6.45, 7) is 8.75. The van der Waals surface area contributed by atoms with E-state index in [1.54, 1.807) is 12.1 Å². The molecule has 2 N–H and O–H groups in total. The molecule has 0 saturated heterocycles. The van der Waals surface area contributed by atoms with Gasteiger partial charge in [0.2, 0.25) is 5.82 Å². The highest BCUT2D eigenvalue weighted by molar-refractivity contribution is 5.89. The van der Waals surface area contributed by atoms with E-state index >= 15 is 0 Å². The molecule has 1 heterocycles. The summed E-state index contributed by atoms with van der Waals surface area (Å²) in [4.78, 5) is 28.2. The highest BCUT2D eigenvalue weighted by Crippen LogP contribution is 2.25. The van der Waals surface area contributed by atoms with E-state index in [-0.39, 0.29) is 36.9 Å². The molecular formula is C24H28N4O4. The molecule has 0 atom stereocenters. The van der Waals surface area contributed by atoms with Gasteiger partial charge in [0, 0.05) is 18.7 Å². The van der Waals surface area contributed by atoms with Gasteiger partial charge in [0.15, 0.2) is 6.61 Å². The van der Waals surface area contributed by atoms with E-state index in [2.05, 4.69) is 41.5 Å². The fourth-order valence-corrected chi connectivity index (χ4v) is 2.84. The number of carbonyl (C=O) groups is 2. The van der Waals surface area contributed by atoms with Gasteiger partial charge < -0.3 is 19.9 Å². The largest absolute Gasteiger partial charge is 0.484 e. The Kier molecular flexibility index (Phi) is 7.25. The second kappa shape index (κ2) is 10.1. The lowest BCUT2D eigenvalue weighted by atomic mass is 9.87. The lowest BCUT2D eigenvalue weighted by molar-refractivity contribution is -0.123. The molecule has 0 aliphatic rings. The molecule has 0 unspecified atom stereocenters. The number of rotatable bonds is 8. The van der Waals surface area contributed by atoms with Gasteiger partial charge in [0.25, 0.3) is 5.91 Å². The first-order chi connectivity index (χ1) is 15.2. The number of benzene rings is 2. The number of nitrogens with one attached hydrogen (secondary N) is 2. The van der Waals surface area contributed by atoms with Crippen molar-refractivity contribution >= 4 is 11.8 Å². The van der Waals surface area contributed by atoms with Crippen LogP contribution < -0.4 is 15.4 Å². The Hall–Kier alpha value is -3.68. The summed E-state index contributed by atoms with van der Waals surface area (Å²) >= 11 is 0. The van der Waals surface area contributed by atoms with Crippen molar-refractivity contribution in [2.24, 2.45) is 0 Å². The van der Waals surface area contributed by atoms with Gasteiger partial charge in [-0.15, -0.1) is 0 Å². The van der Waals surface area contributed by atoms with Gasteiger partial charge in [0.05, 0.1) is 0 Å². The van der Waals surface area contributed by atoms with Crippen molar-refractivity contribution in [1.29, 1.82) is 0 Å². The highest BCUT2D eigenvalue weighted by Gasteiger charge is 2.17. The molecule has 2 aromatic carbocycles. The van der Waals surface area contributed by atoms with Crippen LogP contribution in [0, 0.1) is 6.92 Å². The van der Waals surface area contributed by atoms with Crippen molar-refractivity contribution in [3.8, 4) is 17.1 Å². The number of carbonyl (C=O) groups excluding carboxylic acids is 2. The van der Waals surface area contributed by atoms with Crippen molar-refractivity contribution in [2.75, 3.05) is 19.7 Å². The van der Waals surface area contributed by atoms with Gasteiger partial charge in [0.1, 0.15) is 5.75 Å². The number of nitrogens with zero attached hydrogens (tertiary/aromatic N) is 2. The molecule has 0 bridgehead atoms. The SMILES string of the molecule is Cc1ccc(OCC(=O)NCCNC(=O)c2nc(-c3ccc(C(C)(C)C)cc3)no2)cc1. The Morgan fingerprint density at radius 2 is 1.62 bits per heavy atom. The smallest absolute Gasteiger partial charge is 0.316 e. The third-order valence-corrected chi connectivity index (χ3v) is 4.75. The normalized spacial score (nSPS) is 11.1. The second-order valence-electron chi connectivity index (χ2n) is 8.46. The van der Waals surface area contributed by atoms with Crippen LogP contribution in [-0.4, -0.2) is 41.7 Å². The van der Waals surface area contributed by atoms with Gasteiger partial charge in [-0.25, -0.2) is 0 Å². The van der Waals surface area contributed by atoms with Crippen LogP contribution in [0.15, 0.2) is 53.1 Å². The molecule has 0 radical (unpaired) electrons. The van der Waals surface area contributed by atoms with Gasteiger partial charge in [-0.2, -0.15) is 4.98 Å². The number of ether oxygens (including phenoxy) is 1. The maximum atomic E-state index is 12.2. The number of hydrogen-bond acceptors (Lipinski definition) is 6. The van der Waals surface area contributed by atoms with Crippen LogP contribution in [0.2, 0.25) is 0 Å². The summed E-state index contributed by atoms with van der Waals surface area (Å²) in [7, 11) is 0. The van der Waals surface area contributed by atoms with E-state index < -0.39 is 5.91 Å². The zero-order chi connectivity index (χ0) is 23.1. The van der Waals surface area contributed by atoms with Gasteiger partial charge in [-0.3, -0.25) is 9.59 Å². The number of amides is 2. The summed E-state index contributed by atoms with van der Waals surface area (Å²) in [5.41, 5.74) is 3.11. The molecule has 2 amide bonds. The molecule has 0 aliphatic carbocycles. The fourth-order valence-electron chi connectivity index (χ4n) is 2.84. The van der Waals surface area contributed by atoms with E-state index in [0.717, 1.165) is 11.1 Å². The quantitative estimate of drug-likeness (QED) is 0.525. The summed E-state index contributed by atoms with van der Waals surface area (Å²) < 4.78 is 10.5. The zero-order valence-electron chi connectivity index (χ0n) is 18.8. The van der Waals surface area contributed by atoms with E-state index in [1.165, 1.54) is 5.56 Å². The van der Waals surface area contributed by atoms with Crippen LogP contribution in [-0.2, 0) is 10.2 Å². The van der Waals surface area contributed by atoms with E-state index in [9.17, 15) is 9.59 Å². The molecule has 32 heavy (non-hydrogen) atoms. The number of aryl methyl sites for hydroxylation is 1. The third kappa shape index (κ3) is 6.41. The van der Waals surface area contributed by atoms with Gasteiger partial charge in [-0.1, -0.05) is 67.9 Å². The van der Waals surface area contributed by atoms with Crippen molar-refractivity contribution in [2.45, 2.75) is 33.1 Å². The molecule has 8 nitrogen and oxygen atoms in total. The van der Waals surface area contributed by atoms with Crippen LogP contribution in [0.5, 0.6) is 5.75 Å². The predicted molar refractivity (Wildman–Crippen MR) is 120 cm³/mol. The number of aromatic nitrogens is 2. The van der Waals surface area contributed by atoms with E-state index in [4.69, 9.17) is 9.26 Å². The van der Waals surface area contributed by atoms with Crippen molar-refractivity contribution in [3.05, 3.63) is 65.5 Å². The van der Waals surface area contributed by atoms with Crippen molar-refractivity contribution in [3.63, 3.8) is 0 Å². The van der Waals surface area contributed by atoms with Crippen LogP contribution >= 0.6 is 0 Å². The first kappa shape index (κ1) is 23.0. The number of hydrogen-bond donors (Lipinski definition) is 2. The summed E-state index contributed by atoms with van der Waals surface area (Å²) in [5, 5.41) is 9.19. The van der Waals surface area contributed by atoms with Crippen molar-refractivity contribution in [1.82, 2.24) is 20.8 Å². The molecule has 1 aromatic heterocycles. The minimum absolute atomic E-state index is 0.0447. The zero-order valence-corrected chi connectivity index (χ0v) is 18.8. The molecule has 0 spiro atoms. The Morgan fingerprint density at radius 1 is 0.969 bits per heavy atom. The van der Waals surface area contributed by atoms with Crippen LogP contribution in [0.3, 0.4) is 0 Å². The van der Waals surface area contributed by atoms with Crippen LogP contribution in [0.1, 0.15) is 42.6 Å². The average Bonchev–Trinajstić information content (AvgIpc) is 3.26. The average molecular weight is 437 g/mol. The Balaban J connectivity index is 1.41. The maximum Gasteiger partial charge on any atom is 0.316 e. The first-order valence-corrected chi connectivity index (χ1v) is 10.4. The van der Waals surface area contributed by atoms with Crippen LogP contribution in [0.4, 0.5) is 0 Å². The third-order valence-electron chi connectivity index (χ3n) is 4.75. The minimum Gasteiger partial charge on any atom is -0.484 e. The topological polar surface area (TPSA) is 106 Å². The lowest BCUT2D eigenvalue weighted by Gasteiger charge is -2.18. The molecule has 168 valence electrons. The summed E-state index contributed by atoms with van der Waals surface area (Å²) in [6.07, 6.45) is 0. The standard InChI is InChI=1S/C24H28N4O4/c1-16-5-11-19(12-6-16)31-15-20(29)25-13-14-26-22(30)23-27-21(28-32-23)17-7-9-18(10-8-17)24(2,3)4/h5-12H,13-15H2,1-4H3,(H,25,29)(H,26,30). The fraction of sp³-hybridized carbons (Fsp3) is 0.333. The van der Waals surface area contributed by atoms with E-state index in [0.29, 0.717) is 11.6 Å². The summed E-state index contributed by atoms with van der Waals surface area (Å²) in [6, 6.07) is 15.3. The van der Waals surface area contributed by atoms with E-state index in [1.807, 2.05) is 43.3 Å². The van der Waals surface area contributed by atoms with Gasteiger partial charge >= 0.3 is 11.8 Å². The molecule has 3 rings (SSSR count).